The van der Waals surface area contributed by atoms with Gasteiger partial charge in [-0.05, 0) is 49.2 Å². The maximum absolute atomic E-state index is 5.27. The number of imidazole rings is 1. The topological polar surface area (TPSA) is 38.6 Å². The second-order valence-electron chi connectivity index (χ2n) is 5.98. The van der Waals surface area contributed by atoms with Crippen molar-refractivity contribution in [3.05, 3.63) is 65.2 Å². The van der Waals surface area contributed by atoms with Crippen LogP contribution < -0.4 is 10.1 Å². The fraction of sp³-hybridized carbons (Fsp3) is 0.150. The number of anilines is 2. The molecule has 0 saturated carbocycles. The summed E-state index contributed by atoms with van der Waals surface area (Å²) in [6.45, 7) is 4.24. The summed E-state index contributed by atoms with van der Waals surface area (Å²) in [6.07, 6.45) is 2.05. The molecule has 0 spiro atoms. The third-order valence-corrected chi connectivity index (χ3v) is 5.11. The van der Waals surface area contributed by atoms with Crippen LogP contribution in [0.5, 0.6) is 5.75 Å². The Bertz CT molecular complexity index is 1010. The van der Waals surface area contributed by atoms with Gasteiger partial charge >= 0.3 is 0 Å². The Morgan fingerprint density at radius 3 is 2.44 bits per heavy atom. The summed E-state index contributed by atoms with van der Waals surface area (Å²) in [5.74, 6) is 1.83. The number of fused-ring (bicyclic) bond motifs is 1. The summed E-state index contributed by atoms with van der Waals surface area (Å²) < 4.78 is 7.37. The lowest BCUT2D eigenvalue weighted by Gasteiger charge is -2.13. The van der Waals surface area contributed by atoms with Crippen molar-refractivity contribution < 1.29 is 4.74 Å². The highest BCUT2D eigenvalue weighted by Gasteiger charge is 2.16. The molecule has 0 fully saturated rings. The number of methoxy groups -OCH3 is 1. The van der Waals surface area contributed by atoms with Crippen molar-refractivity contribution in [2.45, 2.75) is 13.8 Å². The van der Waals surface area contributed by atoms with Gasteiger partial charge in [-0.2, -0.15) is 0 Å². The van der Waals surface area contributed by atoms with Crippen molar-refractivity contribution in [1.29, 1.82) is 0 Å². The molecule has 0 aliphatic heterocycles. The van der Waals surface area contributed by atoms with Gasteiger partial charge in [0.15, 0.2) is 4.96 Å². The number of para-hydroxylation sites is 1. The average molecular weight is 349 g/mol. The van der Waals surface area contributed by atoms with Crippen LogP contribution in [0.2, 0.25) is 0 Å². The highest BCUT2D eigenvalue weighted by molar-refractivity contribution is 7.15. The average Bonchev–Trinajstić information content (AvgIpc) is 3.20. The number of aromatic nitrogens is 2. The van der Waals surface area contributed by atoms with Gasteiger partial charge in [0.1, 0.15) is 17.3 Å². The first-order valence-electron chi connectivity index (χ1n) is 8.10. The molecule has 0 aliphatic rings. The van der Waals surface area contributed by atoms with E-state index in [2.05, 4.69) is 53.3 Å². The van der Waals surface area contributed by atoms with E-state index in [9.17, 15) is 0 Å². The number of hydrogen-bond donors (Lipinski definition) is 1. The van der Waals surface area contributed by atoms with Crippen LogP contribution in [0.25, 0.3) is 16.2 Å². The minimum absolute atomic E-state index is 0.842. The molecule has 0 amide bonds. The number of benzene rings is 2. The van der Waals surface area contributed by atoms with Gasteiger partial charge in [-0.15, -0.1) is 11.3 Å². The molecule has 126 valence electrons. The predicted molar refractivity (Wildman–Crippen MR) is 104 cm³/mol. The van der Waals surface area contributed by atoms with Gasteiger partial charge in [-0.3, -0.25) is 4.40 Å². The zero-order valence-electron chi connectivity index (χ0n) is 14.4. The van der Waals surface area contributed by atoms with Gasteiger partial charge in [-0.1, -0.05) is 18.2 Å². The molecule has 4 nitrogen and oxygen atoms in total. The summed E-state index contributed by atoms with van der Waals surface area (Å²) in [5, 5.41) is 5.67. The highest BCUT2D eigenvalue weighted by atomic mass is 32.1. The third kappa shape index (κ3) is 2.76. The Labute approximate surface area is 150 Å². The monoisotopic (exact) mass is 349 g/mol. The molecule has 2 aromatic carbocycles. The molecule has 0 bridgehead atoms. The van der Waals surface area contributed by atoms with Gasteiger partial charge < -0.3 is 10.1 Å². The van der Waals surface area contributed by atoms with E-state index < -0.39 is 0 Å². The SMILES string of the molecule is COc1ccc(-c2nc3sccn3c2Nc2c(C)cccc2C)cc1. The normalized spacial score (nSPS) is 11.0. The molecule has 2 heterocycles. The van der Waals surface area contributed by atoms with Crippen molar-refractivity contribution >= 4 is 27.8 Å². The molecular formula is C20H19N3OS. The Hall–Kier alpha value is -2.79. The van der Waals surface area contributed by atoms with Crippen LogP contribution in [0, 0.1) is 13.8 Å². The minimum atomic E-state index is 0.842. The summed E-state index contributed by atoms with van der Waals surface area (Å²) in [5.41, 5.74) is 5.56. The molecule has 5 heteroatoms. The van der Waals surface area contributed by atoms with Crippen LogP contribution >= 0.6 is 11.3 Å². The molecule has 1 N–H and O–H groups in total. The van der Waals surface area contributed by atoms with E-state index >= 15 is 0 Å². The number of hydrogen-bond acceptors (Lipinski definition) is 4. The van der Waals surface area contributed by atoms with E-state index in [0.717, 1.165) is 33.5 Å². The van der Waals surface area contributed by atoms with Gasteiger partial charge in [0, 0.05) is 22.8 Å². The lowest BCUT2D eigenvalue weighted by molar-refractivity contribution is 0.415. The number of nitrogens with one attached hydrogen (secondary N) is 1. The lowest BCUT2D eigenvalue weighted by atomic mass is 10.1. The summed E-state index contributed by atoms with van der Waals surface area (Å²) >= 11 is 1.63. The second kappa shape index (κ2) is 6.26. The van der Waals surface area contributed by atoms with Crippen LogP contribution in [0.1, 0.15) is 11.1 Å². The van der Waals surface area contributed by atoms with E-state index in [1.165, 1.54) is 11.1 Å². The molecule has 0 radical (unpaired) electrons. The maximum Gasteiger partial charge on any atom is 0.195 e. The number of thiazole rings is 1. The van der Waals surface area contributed by atoms with Crippen LogP contribution in [-0.4, -0.2) is 16.5 Å². The minimum Gasteiger partial charge on any atom is -0.497 e. The molecule has 4 aromatic rings. The van der Waals surface area contributed by atoms with Gasteiger partial charge in [0.05, 0.1) is 7.11 Å². The summed E-state index contributed by atoms with van der Waals surface area (Å²) in [4.78, 5) is 5.80. The molecule has 0 atom stereocenters. The molecule has 2 aromatic heterocycles. The molecule has 4 rings (SSSR count). The maximum atomic E-state index is 5.27. The van der Waals surface area contributed by atoms with Crippen LogP contribution in [0.3, 0.4) is 0 Å². The van der Waals surface area contributed by atoms with E-state index in [4.69, 9.17) is 9.72 Å². The zero-order valence-corrected chi connectivity index (χ0v) is 15.2. The largest absolute Gasteiger partial charge is 0.497 e. The smallest absolute Gasteiger partial charge is 0.195 e. The molecule has 0 saturated heterocycles. The Kier molecular flexibility index (Phi) is 3.93. The number of rotatable bonds is 4. The van der Waals surface area contributed by atoms with E-state index in [1.54, 1.807) is 18.4 Å². The van der Waals surface area contributed by atoms with Crippen LogP contribution in [-0.2, 0) is 0 Å². The predicted octanol–water partition coefficient (Wildman–Crippen LogP) is 5.43. The van der Waals surface area contributed by atoms with E-state index in [0.29, 0.717) is 0 Å². The lowest BCUT2D eigenvalue weighted by Crippen LogP contribution is -2.00. The Morgan fingerprint density at radius 2 is 1.76 bits per heavy atom. The van der Waals surface area contributed by atoms with Crippen LogP contribution in [0.4, 0.5) is 11.5 Å². The molecule has 0 aliphatic carbocycles. The van der Waals surface area contributed by atoms with Crippen LogP contribution in [0.15, 0.2) is 54.0 Å². The zero-order chi connectivity index (χ0) is 17.4. The first-order chi connectivity index (χ1) is 12.2. The fourth-order valence-corrected chi connectivity index (χ4v) is 3.70. The Balaban J connectivity index is 1.85. The summed E-state index contributed by atoms with van der Waals surface area (Å²) in [6, 6.07) is 14.3. The van der Waals surface area contributed by atoms with Crippen molar-refractivity contribution in [2.24, 2.45) is 0 Å². The molecular weight excluding hydrogens is 330 g/mol. The first kappa shape index (κ1) is 15.7. The van der Waals surface area contributed by atoms with Gasteiger partial charge in [0.25, 0.3) is 0 Å². The number of ether oxygens (including phenoxy) is 1. The Morgan fingerprint density at radius 1 is 1.04 bits per heavy atom. The highest BCUT2D eigenvalue weighted by Crippen LogP contribution is 2.35. The quantitative estimate of drug-likeness (QED) is 0.534. The van der Waals surface area contributed by atoms with Gasteiger partial charge in [-0.25, -0.2) is 4.98 Å². The van der Waals surface area contributed by atoms with Crippen molar-refractivity contribution in [2.75, 3.05) is 12.4 Å². The molecule has 25 heavy (non-hydrogen) atoms. The summed E-state index contributed by atoms with van der Waals surface area (Å²) in [7, 11) is 1.68. The van der Waals surface area contributed by atoms with Gasteiger partial charge in [0.2, 0.25) is 0 Å². The number of aryl methyl sites for hydroxylation is 2. The number of nitrogens with zero attached hydrogens (tertiary/aromatic N) is 2. The second-order valence-corrected chi connectivity index (χ2v) is 6.86. The van der Waals surface area contributed by atoms with Crippen molar-refractivity contribution in [1.82, 2.24) is 9.38 Å². The van der Waals surface area contributed by atoms with Crippen molar-refractivity contribution in [3.8, 4) is 17.0 Å². The van der Waals surface area contributed by atoms with E-state index in [-0.39, 0.29) is 0 Å². The van der Waals surface area contributed by atoms with Crippen molar-refractivity contribution in [3.63, 3.8) is 0 Å². The first-order valence-corrected chi connectivity index (χ1v) is 8.98. The standard InChI is InChI=1S/C20H19N3OS/c1-13-5-4-6-14(2)17(13)21-19-18(22-20-23(19)11-12-25-20)15-7-9-16(24-3)10-8-15/h4-12,21H,1-3H3. The third-order valence-electron chi connectivity index (χ3n) is 4.35. The van der Waals surface area contributed by atoms with E-state index in [1.807, 2.05) is 24.3 Å². The molecule has 0 unspecified atom stereocenters. The fourth-order valence-electron chi connectivity index (χ4n) is 2.99.